The van der Waals surface area contributed by atoms with Gasteiger partial charge >= 0.3 is 0 Å². The first-order valence-electron chi connectivity index (χ1n) is 5.64. The normalized spacial score (nSPS) is 13.6. The molecule has 0 aliphatic heterocycles. The van der Waals surface area contributed by atoms with E-state index in [1.165, 1.54) is 25.7 Å². The van der Waals surface area contributed by atoms with E-state index in [-0.39, 0.29) is 0 Å². The fraction of sp³-hybridized carbons (Fsp3) is 1.00. The van der Waals surface area contributed by atoms with Crippen molar-refractivity contribution in [2.24, 2.45) is 11.7 Å². The van der Waals surface area contributed by atoms with Gasteiger partial charge in [0.05, 0.1) is 0 Å². The first-order chi connectivity index (χ1) is 6.20. The molecule has 0 aromatic heterocycles. The molecular formula is C11H26N2. The Bertz CT molecular complexity index is 102. The van der Waals surface area contributed by atoms with Crippen LogP contribution in [0.4, 0.5) is 0 Å². The van der Waals surface area contributed by atoms with E-state index in [0.29, 0.717) is 6.04 Å². The van der Waals surface area contributed by atoms with E-state index < -0.39 is 0 Å². The molecule has 3 N–H and O–H groups in total. The lowest BCUT2D eigenvalue weighted by Crippen LogP contribution is -2.38. The molecule has 0 fully saturated rings. The maximum absolute atomic E-state index is 5.68. The molecule has 0 aromatic carbocycles. The van der Waals surface area contributed by atoms with Crippen molar-refractivity contribution in [1.29, 1.82) is 0 Å². The van der Waals surface area contributed by atoms with Gasteiger partial charge in [-0.25, -0.2) is 0 Å². The van der Waals surface area contributed by atoms with Crippen molar-refractivity contribution in [2.75, 3.05) is 13.1 Å². The zero-order valence-corrected chi connectivity index (χ0v) is 9.47. The first kappa shape index (κ1) is 12.9. The van der Waals surface area contributed by atoms with Gasteiger partial charge in [0.2, 0.25) is 0 Å². The van der Waals surface area contributed by atoms with Crippen molar-refractivity contribution in [3.05, 3.63) is 0 Å². The molecule has 0 rings (SSSR count). The highest BCUT2D eigenvalue weighted by molar-refractivity contribution is 4.68. The van der Waals surface area contributed by atoms with Crippen molar-refractivity contribution in [2.45, 2.75) is 52.5 Å². The summed E-state index contributed by atoms with van der Waals surface area (Å²) in [6.45, 7) is 8.56. The molecule has 0 aromatic rings. The molecule has 0 amide bonds. The van der Waals surface area contributed by atoms with Crippen LogP contribution in [0, 0.1) is 5.92 Å². The van der Waals surface area contributed by atoms with E-state index in [1.807, 2.05) is 0 Å². The van der Waals surface area contributed by atoms with Crippen LogP contribution in [-0.4, -0.2) is 19.1 Å². The van der Waals surface area contributed by atoms with Crippen molar-refractivity contribution < 1.29 is 0 Å². The first-order valence-corrected chi connectivity index (χ1v) is 5.64. The Morgan fingerprint density at radius 3 is 2.38 bits per heavy atom. The van der Waals surface area contributed by atoms with Gasteiger partial charge in [0, 0.05) is 12.6 Å². The second kappa shape index (κ2) is 8.52. The minimum Gasteiger partial charge on any atom is -0.329 e. The van der Waals surface area contributed by atoms with Crippen LogP contribution in [0.3, 0.4) is 0 Å². The number of unbranched alkanes of at least 4 members (excludes halogenated alkanes) is 2. The Morgan fingerprint density at radius 2 is 1.92 bits per heavy atom. The van der Waals surface area contributed by atoms with E-state index in [4.69, 9.17) is 5.73 Å². The quantitative estimate of drug-likeness (QED) is 0.570. The lowest BCUT2D eigenvalue weighted by molar-refractivity contribution is 0.432. The Labute approximate surface area is 83.3 Å². The molecule has 1 unspecified atom stereocenters. The highest BCUT2D eigenvalue weighted by atomic mass is 14.9. The van der Waals surface area contributed by atoms with E-state index >= 15 is 0 Å². The zero-order chi connectivity index (χ0) is 10.1. The maximum atomic E-state index is 5.68. The third-order valence-electron chi connectivity index (χ3n) is 2.26. The number of hydrogen-bond donors (Lipinski definition) is 2. The summed E-state index contributed by atoms with van der Waals surface area (Å²) < 4.78 is 0. The van der Waals surface area contributed by atoms with Crippen LogP contribution in [0.25, 0.3) is 0 Å². The summed E-state index contributed by atoms with van der Waals surface area (Å²) in [4.78, 5) is 0. The largest absolute Gasteiger partial charge is 0.329 e. The minimum atomic E-state index is 0.536. The van der Waals surface area contributed by atoms with Gasteiger partial charge in [-0.15, -0.1) is 0 Å². The van der Waals surface area contributed by atoms with Gasteiger partial charge in [0.25, 0.3) is 0 Å². The van der Waals surface area contributed by atoms with Crippen molar-refractivity contribution in [1.82, 2.24) is 5.32 Å². The molecule has 0 aliphatic carbocycles. The van der Waals surface area contributed by atoms with E-state index in [9.17, 15) is 0 Å². The zero-order valence-electron chi connectivity index (χ0n) is 9.47. The van der Waals surface area contributed by atoms with Gasteiger partial charge in [-0.1, -0.05) is 40.0 Å². The second-order valence-corrected chi connectivity index (χ2v) is 4.23. The lowest BCUT2D eigenvalue weighted by Gasteiger charge is -2.17. The average molecular weight is 186 g/mol. The van der Waals surface area contributed by atoms with Crippen molar-refractivity contribution in [3.8, 4) is 0 Å². The van der Waals surface area contributed by atoms with Crippen LogP contribution in [0.5, 0.6) is 0 Å². The van der Waals surface area contributed by atoms with E-state index in [2.05, 4.69) is 26.1 Å². The summed E-state index contributed by atoms with van der Waals surface area (Å²) in [7, 11) is 0. The van der Waals surface area contributed by atoms with Crippen LogP contribution in [0.15, 0.2) is 0 Å². The molecule has 2 heteroatoms. The Balaban J connectivity index is 3.39. The number of nitrogens with two attached hydrogens (primary N) is 1. The summed E-state index contributed by atoms with van der Waals surface area (Å²) in [5, 5.41) is 3.50. The van der Waals surface area contributed by atoms with Gasteiger partial charge in [-0.05, 0) is 18.9 Å². The summed E-state index contributed by atoms with van der Waals surface area (Å²) in [5.41, 5.74) is 5.68. The van der Waals surface area contributed by atoms with Gasteiger partial charge in [0.15, 0.2) is 0 Å². The molecule has 0 aliphatic rings. The summed E-state index contributed by atoms with van der Waals surface area (Å²) >= 11 is 0. The van der Waals surface area contributed by atoms with E-state index in [0.717, 1.165) is 19.0 Å². The molecule has 1 atom stereocenters. The third kappa shape index (κ3) is 8.26. The van der Waals surface area contributed by atoms with Gasteiger partial charge < -0.3 is 11.1 Å². The number of nitrogens with one attached hydrogen (secondary N) is 1. The average Bonchev–Trinajstić information content (AvgIpc) is 2.10. The second-order valence-electron chi connectivity index (χ2n) is 4.23. The van der Waals surface area contributed by atoms with Crippen molar-refractivity contribution in [3.63, 3.8) is 0 Å². The molecule has 0 saturated carbocycles. The van der Waals surface area contributed by atoms with Gasteiger partial charge in [-0.3, -0.25) is 0 Å². The molecule has 0 bridgehead atoms. The highest BCUT2D eigenvalue weighted by Gasteiger charge is 2.05. The Morgan fingerprint density at radius 1 is 1.23 bits per heavy atom. The van der Waals surface area contributed by atoms with E-state index in [1.54, 1.807) is 0 Å². The summed E-state index contributed by atoms with van der Waals surface area (Å²) in [6.07, 6.45) is 5.17. The highest BCUT2D eigenvalue weighted by Crippen LogP contribution is 2.03. The lowest BCUT2D eigenvalue weighted by atomic mass is 10.1. The topological polar surface area (TPSA) is 38.0 Å². The van der Waals surface area contributed by atoms with Crippen LogP contribution in [0.1, 0.15) is 46.5 Å². The van der Waals surface area contributed by atoms with Crippen LogP contribution in [-0.2, 0) is 0 Å². The molecule has 0 spiro atoms. The fourth-order valence-electron chi connectivity index (χ4n) is 1.35. The molecule has 0 radical (unpaired) electrons. The molecule has 2 nitrogen and oxygen atoms in total. The van der Waals surface area contributed by atoms with Gasteiger partial charge in [-0.2, -0.15) is 0 Å². The fourth-order valence-corrected chi connectivity index (χ4v) is 1.35. The molecule has 0 saturated heterocycles. The third-order valence-corrected chi connectivity index (χ3v) is 2.26. The SMILES string of the molecule is CCCCCC(CN)NCC(C)C. The monoisotopic (exact) mass is 186 g/mol. The molecule has 0 heterocycles. The standard InChI is InChI=1S/C11H26N2/c1-4-5-6-7-11(8-12)13-9-10(2)3/h10-11,13H,4-9,12H2,1-3H3. The predicted molar refractivity (Wildman–Crippen MR) is 59.8 cm³/mol. The van der Waals surface area contributed by atoms with Crippen molar-refractivity contribution >= 4 is 0 Å². The molecular weight excluding hydrogens is 160 g/mol. The summed E-state index contributed by atoms with van der Waals surface area (Å²) in [5.74, 6) is 0.722. The number of rotatable bonds is 8. The van der Waals surface area contributed by atoms with Crippen LogP contribution >= 0.6 is 0 Å². The molecule has 13 heavy (non-hydrogen) atoms. The Hall–Kier alpha value is -0.0800. The maximum Gasteiger partial charge on any atom is 0.0190 e. The smallest absolute Gasteiger partial charge is 0.0190 e. The number of hydrogen-bond acceptors (Lipinski definition) is 2. The van der Waals surface area contributed by atoms with Crippen LogP contribution in [0.2, 0.25) is 0 Å². The predicted octanol–water partition coefficient (Wildman–Crippen LogP) is 2.14. The van der Waals surface area contributed by atoms with Crippen LogP contribution < -0.4 is 11.1 Å². The summed E-state index contributed by atoms with van der Waals surface area (Å²) in [6, 6.07) is 0.536. The molecule has 80 valence electrons. The Kier molecular flexibility index (Phi) is 8.46. The van der Waals surface area contributed by atoms with Gasteiger partial charge in [0.1, 0.15) is 0 Å². The minimum absolute atomic E-state index is 0.536.